The summed E-state index contributed by atoms with van der Waals surface area (Å²) in [5, 5.41) is 13.0. The number of amides is 1. The number of nitrogens with one attached hydrogen (secondary N) is 1. The first-order chi connectivity index (χ1) is 16.9. The van der Waals surface area contributed by atoms with Crippen molar-refractivity contribution in [2.45, 2.75) is 49.6 Å². The Balaban J connectivity index is 1.79. The molecule has 0 saturated carbocycles. The zero-order valence-corrected chi connectivity index (χ0v) is 22.3. The lowest BCUT2D eigenvalue weighted by Gasteiger charge is -2.30. The van der Waals surface area contributed by atoms with Crippen LogP contribution in [0, 0.1) is 11.3 Å². The average molecular weight is 577 g/mol. The van der Waals surface area contributed by atoms with Crippen molar-refractivity contribution in [3.05, 3.63) is 94.1 Å². The summed E-state index contributed by atoms with van der Waals surface area (Å²) < 4.78 is 32.5. The van der Waals surface area contributed by atoms with Crippen LogP contribution in [0.3, 0.4) is 0 Å². The highest BCUT2D eigenvalue weighted by molar-refractivity contribution is 9.09. The summed E-state index contributed by atoms with van der Waals surface area (Å²) in [6.07, 6.45) is 1.59. The maximum Gasteiger partial charge on any atom is 0.328 e. The van der Waals surface area contributed by atoms with Gasteiger partial charge in [0.1, 0.15) is 0 Å². The summed E-state index contributed by atoms with van der Waals surface area (Å²) in [7, 11) is 0. The molecule has 2 atom stereocenters. The first kappa shape index (κ1) is 27.6. The molecule has 0 bridgehead atoms. The van der Waals surface area contributed by atoms with Crippen molar-refractivity contribution in [2.24, 2.45) is 0 Å². The quantitative estimate of drug-likeness (QED) is 0.286. The zero-order valence-electron chi connectivity index (χ0n) is 19.9. The molecule has 5 nitrogen and oxygen atoms in total. The third kappa shape index (κ3) is 7.25. The number of carbonyl (C=O) groups excluding carboxylic acids is 1. The molecular formula is C27H25BrClF2N3O2. The minimum Gasteiger partial charge on any atom is -0.462 e. The normalized spacial score (nSPS) is 13.4. The predicted octanol–water partition coefficient (Wildman–Crippen LogP) is 6.74. The monoisotopic (exact) mass is 575 g/mol. The predicted molar refractivity (Wildman–Crippen MR) is 138 cm³/mol. The summed E-state index contributed by atoms with van der Waals surface area (Å²) in [5.41, 5.74) is 0.799. The molecule has 188 valence electrons. The van der Waals surface area contributed by atoms with Gasteiger partial charge < -0.3 is 10.1 Å². The van der Waals surface area contributed by atoms with E-state index in [1.54, 1.807) is 19.9 Å². The molecule has 1 heterocycles. The summed E-state index contributed by atoms with van der Waals surface area (Å²) in [5.74, 6) is -0.509. The lowest BCUT2D eigenvalue weighted by molar-refractivity contribution is -0.135. The summed E-state index contributed by atoms with van der Waals surface area (Å²) in [6.45, 7) is 5.04. The van der Waals surface area contributed by atoms with Crippen molar-refractivity contribution < 1.29 is 18.3 Å². The van der Waals surface area contributed by atoms with Crippen LogP contribution in [-0.4, -0.2) is 22.5 Å². The third-order valence-electron chi connectivity index (χ3n) is 5.75. The van der Waals surface area contributed by atoms with Crippen molar-refractivity contribution in [1.29, 1.82) is 5.26 Å². The van der Waals surface area contributed by atoms with Crippen LogP contribution in [0.25, 0.3) is 0 Å². The number of ether oxygens (including phenoxy) is 1. The van der Waals surface area contributed by atoms with E-state index in [0.29, 0.717) is 17.0 Å². The molecule has 0 aliphatic rings. The number of rotatable bonds is 9. The molecule has 36 heavy (non-hydrogen) atoms. The van der Waals surface area contributed by atoms with Gasteiger partial charge in [-0.3, -0.25) is 4.79 Å². The van der Waals surface area contributed by atoms with Crippen molar-refractivity contribution >= 4 is 33.4 Å². The van der Waals surface area contributed by atoms with Crippen LogP contribution in [0.1, 0.15) is 48.9 Å². The first-order valence-electron chi connectivity index (χ1n) is 11.2. The molecule has 0 aliphatic heterocycles. The second kappa shape index (κ2) is 11.4. The number of alkyl halides is 3. The molecule has 1 amide bonds. The van der Waals surface area contributed by atoms with E-state index < -0.39 is 16.3 Å². The van der Waals surface area contributed by atoms with Crippen LogP contribution in [-0.2, 0) is 16.0 Å². The van der Waals surface area contributed by atoms with Gasteiger partial charge in [0, 0.05) is 29.2 Å². The maximum absolute atomic E-state index is 13.4. The van der Waals surface area contributed by atoms with Gasteiger partial charge >= 0.3 is 4.83 Å². The number of benzene rings is 2. The van der Waals surface area contributed by atoms with Crippen molar-refractivity contribution in [3.8, 4) is 11.9 Å². The van der Waals surface area contributed by atoms with Gasteiger partial charge in [0.15, 0.2) is 5.60 Å². The third-order valence-corrected chi connectivity index (χ3v) is 6.46. The number of pyridine rings is 1. The SMILES string of the molecule is C[C@H](NC(=O)C(C)(C)Oc1ccc(C(F)(F)Br)cn1)[C@@H](Cc1ccc(Cl)cc1)c1cccc(C#N)c1. The summed E-state index contributed by atoms with van der Waals surface area (Å²) >= 11 is 8.32. The van der Waals surface area contributed by atoms with E-state index in [1.807, 2.05) is 49.4 Å². The van der Waals surface area contributed by atoms with Crippen LogP contribution < -0.4 is 10.1 Å². The smallest absolute Gasteiger partial charge is 0.328 e. The molecule has 2 aromatic carbocycles. The Labute approximate surface area is 222 Å². The van der Waals surface area contributed by atoms with E-state index in [4.69, 9.17) is 16.3 Å². The fraction of sp³-hybridized carbons (Fsp3) is 0.296. The second-order valence-electron chi connectivity index (χ2n) is 8.93. The largest absolute Gasteiger partial charge is 0.462 e. The number of hydrogen-bond donors (Lipinski definition) is 1. The number of halogens is 4. The molecule has 3 aromatic rings. The topological polar surface area (TPSA) is 75.0 Å². The molecule has 1 N–H and O–H groups in total. The number of hydrogen-bond acceptors (Lipinski definition) is 4. The van der Waals surface area contributed by atoms with E-state index in [-0.39, 0.29) is 23.4 Å². The Morgan fingerprint density at radius 2 is 1.89 bits per heavy atom. The molecule has 0 aliphatic carbocycles. The molecule has 0 spiro atoms. The van der Waals surface area contributed by atoms with Crippen LogP contribution in [0.4, 0.5) is 8.78 Å². The number of nitrogens with zero attached hydrogens (tertiary/aromatic N) is 2. The van der Waals surface area contributed by atoms with E-state index in [2.05, 4.69) is 32.3 Å². The van der Waals surface area contributed by atoms with E-state index in [1.165, 1.54) is 12.1 Å². The minimum atomic E-state index is -3.21. The fourth-order valence-electron chi connectivity index (χ4n) is 3.69. The Morgan fingerprint density at radius 3 is 2.47 bits per heavy atom. The standard InChI is InChI=1S/C27H25BrClF2N3O2/c1-17(34-25(35)26(2,3)36-24-12-9-21(16-33-24)27(28,30)31)23(14-18-7-10-22(29)11-8-18)20-6-4-5-19(13-20)15-32/h4-13,16-17,23H,14H2,1-3H3,(H,34,35)/t17-,23+/m0/s1. The molecule has 0 fully saturated rings. The van der Waals surface area contributed by atoms with Gasteiger partial charge in [0.05, 0.1) is 17.2 Å². The molecule has 0 unspecified atom stereocenters. The van der Waals surface area contributed by atoms with Crippen LogP contribution >= 0.6 is 27.5 Å². The number of carbonyl (C=O) groups is 1. The van der Waals surface area contributed by atoms with Crippen molar-refractivity contribution in [3.63, 3.8) is 0 Å². The van der Waals surface area contributed by atoms with Crippen LogP contribution in [0.5, 0.6) is 5.88 Å². The van der Waals surface area contributed by atoms with Gasteiger partial charge in [0.25, 0.3) is 5.91 Å². The Kier molecular flexibility index (Phi) is 8.70. The first-order valence-corrected chi connectivity index (χ1v) is 12.3. The summed E-state index contributed by atoms with van der Waals surface area (Å²) in [6, 6.07) is 19.0. The van der Waals surface area contributed by atoms with Crippen molar-refractivity contribution in [2.75, 3.05) is 0 Å². The van der Waals surface area contributed by atoms with Gasteiger partial charge in [-0.25, -0.2) is 4.98 Å². The molecule has 0 saturated heterocycles. The molecule has 1 aromatic heterocycles. The zero-order chi connectivity index (χ0) is 26.5. The lowest BCUT2D eigenvalue weighted by Crippen LogP contribution is -2.51. The molecular weight excluding hydrogens is 552 g/mol. The lowest BCUT2D eigenvalue weighted by atomic mass is 9.85. The maximum atomic E-state index is 13.4. The van der Waals surface area contributed by atoms with Gasteiger partial charge in [-0.1, -0.05) is 35.9 Å². The minimum absolute atomic E-state index is 0.0442. The highest BCUT2D eigenvalue weighted by Gasteiger charge is 2.34. The van der Waals surface area contributed by atoms with Crippen molar-refractivity contribution in [1.82, 2.24) is 10.3 Å². The molecule has 3 rings (SSSR count). The second-order valence-corrected chi connectivity index (χ2v) is 10.4. The van der Waals surface area contributed by atoms with E-state index in [0.717, 1.165) is 17.3 Å². The number of nitriles is 1. The number of aromatic nitrogens is 1. The average Bonchev–Trinajstić information content (AvgIpc) is 2.83. The van der Waals surface area contributed by atoms with Gasteiger partial charge in [0.2, 0.25) is 5.88 Å². The highest BCUT2D eigenvalue weighted by Crippen LogP contribution is 2.34. The van der Waals surface area contributed by atoms with Gasteiger partial charge in [-0.05, 0) is 84.6 Å². The van der Waals surface area contributed by atoms with E-state index >= 15 is 0 Å². The highest BCUT2D eigenvalue weighted by atomic mass is 79.9. The van der Waals surface area contributed by atoms with E-state index in [9.17, 15) is 18.8 Å². The van der Waals surface area contributed by atoms with Gasteiger partial charge in [-0.2, -0.15) is 14.0 Å². The van der Waals surface area contributed by atoms with Crippen LogP contribution in [0.2, 0.25) is 5.02 Å². The molecule has 0 radical (unpaired) electrons. The Bertz CT molecular complexity index is 1240. The fourth-order valence-corrected chi connectivity index (χ4v) is 4.05. The Hall–Kier alpha value is -3.02. The summed E-state index contributed by atoms with van der Waals surface area (Å²) in [4.78, 5) is 13.9. The van der Waals surface area contributed by atoms with Gasteiger partial charge in [-0.15, -0.1) is 0 Å². The Morgan fingerprint density at radius 1 is 1.19 bits per heavy atom. The van der Waals surface area contributed by atoms with Crippen LogP contribution in [0.15, 0.2) is 66.9 Å². The molecule has 9 heteroatoms.